The Labute approximate surface area is 128 Å². The largest absolute Gasteiger partial charge is 0.398 e. The number of anilines is 1. The maximum atomic E-state index is 13.0. The third kappa shape index (κ3) is 3.24. The number of rotatable bonds is 3. The van der Waals surface area contributed by atoms with E-state index in [-0.39, 0.29) is 10.9 Å². The van der Waals surface area contributed by atoms with Crippen LogP contribution in [0.15, 0.2) is 17.0 Å². The van der Waals surface area contributed by atoms with Gasteiger partial charge in [0.05, 0.1) is 5.69 Å². The van der Waals surface area contributed by atoms with Crippen molar-refractivity contribution in [1.82, 2.24) is 4.31 Å². The Morgan fingerprint density at radius 3 is 2.24 bits per heavy atom. The van der Waals surface area contributed by atoms with E-state index < -0.39 is 10.0 Å². The van der Waals surface area contributed by atoms with Gasteiger partial charge in [-0.3, -0.25) is 0 Å². The Morgan fingerprint density at radius 2 is 1.67 bits per heavy atom. The van der Waals surface area contributed by atoms with Gasteiger partial charge in [-0.1, -0.05) is 31.7 Å². The molecule has 118 valence electrons. The standard InChI is InChI=1S/C16H26N2O2S/c1-12-10-11-15(17)16(13(12)2)21(19,20)18(3)14-8-6-4-5-7-9-14/h10-11,14H,4-9,17H2,1-3H3. The number of nitrogens with zero attached hydrogens (tertiary/aromatic N) is 1. The fourth-order valence-electron chi connectivity index (χ4n) is 3.12. The molecule has 0 unspecified atom stereocenters. The Hall–Kier alpha value is -1.07. The molecular weight excluding hydrogens is 284 g/mol. The predicted molar refractivity (Wildman–Crippen MR) is 86.8 cm³/mol. The topological polar surface area (TPSA) is 63.4 Å². The summed E-state index contributed by atoms with van der Waals surface area (Å²) in [7, 11) is -1.83. The van der Waals surface area contributed by atoms with Gasteiger partial charge in [-0.25, -0.2) is 8.42 Å². The van der Waals surface area contributed by atoms with Gasteiger partial charge >= 0.3 is 0 Å². The van der Waals surface area contributed by atoms with Gasteiger partial charge in [0, 0.05) is 13.1 Å². The van der Waals surface area contributed by atoms with E-state index in [9.17, 15) is 8.42 Å². The van der Waals surface area contributed by atoms with E-state index >= 15 is 0 Å². The van der Waals surface area contributed by atoms with Crippen LogP contribution in [-0.2, 0) is 10.0 Å². The highest BCUT2D eigenvalue weighted by molar-refractivity contribution is 7.89. The van der Waals surface area contributed by atoms with Gasteiger partial charge in [0.1, 0.15) is 4.90 Å². The molecule has 2 rings (SSSR count). The van der Waals surface area contributed by atoms with E-state index in [0.717, 1.165) is 36.8 Å². The summed E-state index contributed by atoms with van der Waals surface area (Å²) in [5.41, 5.74) is 8.03. The molecule has 1 aliphatic rings. The summed E-state index contributed by atoms with van der Waals surface area (Å²) in [6.07, 6.45) is 6.51. The molecule has 0 atom stereocenters. The average molecular weight is 310 g/mol. The van der Waals surface area contributed by atoms with Gasteiger partial charge in [0.15, 0.2) is 0 Å². The lowest BCUT2D eigenvalue weighted by Gasteiger charge is -2.28. The van der Waals surface area contributed by atoms with Crippen molar-refractivity contribution in [1.29, 1.82) is 0 Å². The highest BCUT2D eigenvalue weighted by atomic mass is 32.2. The fourth-order valence-corrected chi connectivity index (χ4v) is 4.92. The van der Waals surface area contributed by atoms with Crippen LogP contribution in [0.1, 0.15) is 49.7 Å². The van der Waals surface area contributed by atoms with Crippen molar-refractivity contribution in [3.05, 3.63) is 23.3 Å². The maximum Gasteiger partial charge on any atom is 0.245 e. The molecule has 0 bridgehead atoms. The molecule has 2 N–H and O–H groups in total. The van der Waals surface area contributed by atoms with Crippen molar-refractivity contribution in [2.45, 2.75) is 63.3 Å². The fraction of sp³-hybridized carbons (Fsp3) is 0.625. The number of aryl methyl sites for hydroxylation is 1. The summed E-state index contributed by atoms with van der Waals surface area (Å²) in [4.78, 5) is 0.286. The van der Waals surface area contributed by atoms with Gasteiger partial charge < -0.3 is 5.73 Å². The summed E-state index contributed by atoms with van der Waals surface area (Å²) in [5, 5.41) is 0. The van der Waals surface area contributed by atoms with Gasteiger partial charge in [-0.2, -0.15) is 4.31 Å². The number of nitrogens with two attached hydrogens (primary N) is 1. The molecule has 1 aromatic rings. The van der Waals surface area contributed by atoms with Crippen molar-refractivity contribution < 1.29 is 8.42 Å². The summed E-state index contributed by atoms with van der Waals surface area (Å²) in [6, 6.07) is 3.66. The number of sulfonamides is 1. The molecular formula is C16H26N2O2S. The third-order valence-corrected chi connectivity index (χ3v) is 6.80. The minimum atomic E-state index is -3.53. The smallest absolute Gasteiger partial charge is 0.245 e. The van der Waals surface area contributed by atoms with E-state index in [1.54, 1.807) is 17.4 Å². The highest BCUT2D eigenvalue weighted by Crippen LogP contribution is 2.31. The second-order valence-electron chi connectivity index (χ2n) is 6.09. The molecule has 0 aliphatic heterocycles. The molecule has 0 heterocycles. The monoisotopic (exact) mass is 310 g/mol. The van der Waals surface area contributed by atoms with E-state index in [0.29, 0.717) is 5.69 Å². The first-order valence-corrected chi connectivity index (χ1v) is 9.13. The molecule has 0 radical (unpaired) electrons. The van der Waals surface area contributed by atoms with Crippen molar-refractivity contribution >= 4 is 15.7 Å². The zero-order valence-corrected chi connectivity index (χ0v) is 14.0. The molecule has 0 saturated heterocycles. The number of nitrogen functional groups attached to an aromatic ring is 1. The number of hydrogen-bond donors (Lipinski definition) is 1. The Balaban J connectivity index is 2.39. The van der Waals surface area contributed by atoms with Crippen LogP contribution in [0.5, 0.6) is 0 Å². The quantitative estimate of drug-likeness (QED) is 0.688. The van der Waals surface area contributed by atoms with Crippen LogP contribution in [-0.4, -0.2) is 25.8 Å². The minimum absolute atomic E-state index is 0.0943. The molecule has 5 heteroatoms. The predicted octanol–water partition coefficient (Wildman–Crippen LogP) is 3.23. The first-order valence-electron chi connectivity index (χ1n) is 7.69. The van der Waals surface area contributed by atoms with Crippen LogP contribution < -0.4 is 5.73 Å². The summed E-state index contributed by atoms with van der Waals surface area (Å²) < 4.78 is 27.5. The van der Waals surface area contributed by atoms with Crippen LogP contribution in [0.4, 0.5) is 5.69 Å². The van der Waals surface area contributed by atoms with Gasteiger partial charge in [-0.15, -0.1) is 0 Å². The first-order chi connectivity index (χ1) is 9.85. The van der Waals surface area contributed by atoms with Crippen molar-refractivity contribution in [2.24, 2.45) is 0 Å². The van der Waals surface area contributed by atoms with Crippen LogP contribution in [0, 0.1) is 13.8 Å². The van der Waals surface area contributed by atoms with Gasteiger partial charge in [-0.05, 0) is 43.9 Å². The molecule has 1 aromatic carbocycles. The van der Waals surface area contributed by atoms with E-state index in [4.69, 9.17) is 5.73 Å². The third-order valence-electron chi connectivity index (χ3n) is 4.68. The van der Waals surface area contributed by atoms with E-state index in [1.165, 1.54) is 12.8 Å². The number of hydrogen-bond acceptors (Lipinski definition) is 3. The second-order valence-corrected chi connectivity index (χ2v) is 8.03. The molecule has 1 aliphatic carbocycles. The molecule has 0 amide bonds. The zero-order chi connectivity index (χ0) is 15.6. The van der Waals surface area contributed by atoms with Crippen LogP contribution >= 0.6 is 0 Å². The summed E-state index contributed by atoms with van der Waals surface area (Å²) >= 11 is 0. The van der Waals surface area contributed by atoms with Crippen molar-refractivity contribution in [3.8, 4) is 0 Å². The maximum absolute atomic E-state index is 13.0. The lowest BCUT2D eigenvalue weighted by Crippen LogP contribution is -2.37. The van der Waals surface area contributed by atoms with Crippen LogP contribution in [0.3, 0.4) is 0 Å². The summed E-state index contributed by atoms with van der Waals surface area (Å²) in [6.45, 7) is 3.75. The average Bonchev–Trinajstić information content (AvgIpc) is 2.71. The van der Waals surface area contributed by atoms with E-state index in [2.05, 4.69) is 0 Å². The molecule has 4 nitrogen and oxygen atoms in total. The first kappa shape index (κ1) is 16.3. The summed E-state index contributed by atoms with van der Waals surface area (Å²) in [5.74, 6) is 0. The Kier molecular flexibility index (Phi) is 4.94. The lowest BCUT2D eigenvalue weighted by atomic mass is 10.1. The molecule has 1 saturated carbocycles. The molecule has 0 spiro atoms. The second kappa shape index (κ2) is 6.36. The number of benzene rings is 1. The minimum Gasteiger partial charge on any atom is -0.398 e. The van der Waals surface area contributed by atoms with E-state index in [1.807, 2.05) is 19.9 Å². The van der Waals surface area contributed by atoms with Crippen LogP contribution in [0.2, 0.25) is 0 Å². The van der Waals surface area contributed by atoms with Crippen molar-refractivity contribution in [3.63, 3.8) is 0 Å². The highest BCUT2D eigenvalue weighted by Gasteiger charge is 2.31. The Morgan fingerprint density at radius 1 is 1.10 bits per heavy atom. The Bertz CT molecular complexity index is 603. The molecule has 0 aromatic heterocycles. The van der Waals surface area contributed by atoms with Gasteiger partial charge in [0.2, 0.25) is 10.0 Å². The SMILES string of the molecule is Cc1ccc(N)c(S(=O)(=O)N(C)C2CCCCCC2)c1C. The molecule has 1 fully saturated rings. The zero-order valence-electron chi connectivity index (χ0n) is 13.2. The molecule has 21 heavy (non-hydrogen) atoms. The lowest BCUT2D eigenvalue weighted by molar-refractivity contribution is 0.335. The normalized spacial score (nSPS) is 17.9. The van der Waals surface area contributed by atoms with Crippen LogP contribution in [0.25, 0.3) is 0 Å². The van der Waals surface area contributed by atoms with Gasteiger partial charge in [0.25, 0.3) is 0 Å². The van der Waals surface area contributed by atoms with Crippen molar-refractivity contribution in [2.75, 3.05) is 12.8 Å².